The average Bonchev–Trinajstić information content (AvgIpc) is 3.21. The minimum Gasteiger partial charge on any atom is -0.345 e. The molecule has 0 atom stereocenters. The van der Waals surface area contributed by atoms with Gasteiger partial charge < -0.3 is 10.3 Å². The standard InChI is InChI=1S/C18H16N6O/c1-24-16(12-5-3-2-4-6-12)10-17(23-24)22-18(25)21-13-7-8-14-15(9-13)20-11-19-14/h2-11H,1H3,(H,19,20)(H2,21,22,23,25). The minimum atomic E-state index is -0.350. The number of H-pyrrole nitrogens is 1. The average molecular weight is 332 g/mol. The number of nitrogens with zero attached hydrogens (tertiary/aromatic N) is 3. The van der Waals surface area contributed by atoms with Crippen LogP contribution in [0.2, 0.25) is 0 Å². The second-order valence-electron chi connectivity index (χ2n) is 5.62. The van der Waals surface area contributed by atoms with E-state index in [2.05, 4.69) is 25.7 Å². The van der Waals surface area contributed by atoms with Crippen molar-refractivity contribution >= 4 is 28.6 Å². The van der Waals surface area contributed by atoms with Gasteiger partial charge in [-0.25, -0.2) is 9.78 Å². The molecule has 0 bridgehead atoms. The number of nitrogens with one attached hydrogen (secondary N) is 3. The van der Waals surface area contributed by atoms with Crippen LogP contribution in [0.3, 0.4) is 0 Å². The van der Waals surface area contributed by atoms with E-state index < -0.39 is 0 Å². The summed E-state index contributed by atoms with van der Waals surface area (Å²) < 4.78 is 1.74. The van der Waals surface area contributed by atoms with Gasteiger partial charge in [0.2, 0.25) is 0 Å². The van der Waals surface area contributed by atoms with Crippen molar-refractivity contribution in [2.75, 3.05) is 10.6 Å². The van der Waals surface area contributed by atoms with E-state index in [-0.39, 0.29) is 6.03 Å². The fourth-order valence-corrected chi connectivity index (χ4v) is 2.70. The molecule has 0 saturated carbocycles. The molecule has 124 valence electrons. The van der Waals surface area contributed by atoms with Crippen molar-refractivity contribution in [1.29, 1.82) is 0 Å². The van der Waals surface area contributed by atoms with Crippen LogP contribution in [-0.2, 0) is 7.05 Å². The number of imidazole rings is 1. The number of hydrogen-bond acceptors (Lipinski definition) is 3. The number of aromatic nitrogens is 4. The van der Waals surface area contributed by atoms with Gasteiger partial charge in [0.25, 0.3) is 0 Å². The lowest BCUT2D eigenvalue weighted by atomic mass is 10.1. The van der Waals surface area contributed by atoms with E-state index in [4.69, 9.17) is 0 Å². The molecule has 0 aliphatic heterocycles. The number of rotatable bonds is 3. The first-order chi connectivity index (χ1) is 12.2. The van der Waals surface area contributed by atoms with Gasteiger partial charge in [0.1, 0.15) is 0 Å². The van der Waals surface area contributed by atoms with Crippen LogP contribution in [0, 0.1) is 0 Å². The highest BCUT2D eigenvalue weighted by Gasteiger charge is 2.10. The van der Waals surface area contributed by atoms with Crippen molar-refractivity contribution in [2.24, 2.45) is 7.05 Å². The van der Waals surface area contributed by atoms with Gasteiger partial charge in [-0.2, -0.15) is 5.10 Å². The highest BCUT2D eigenvalue weighted by molar-refractivity contribution is 6.00. The molecule has 0 saturated heterocycles. The third kappa shape index (κ3) is 3.07. The number of carbonyl (C=O) groups excluding carboxylic acids is 1. The molecule has 0 aliphatic rings. The summed E-state index contributed by atoms with van der Waals surface area (Å²) in [6.07, 6.45) is 1.62. The number of hydrogen-bond donors (Lipinski definition) is 3. The van der Waals surface area contributed by atoms with Gasteiger partial charge in [-0.15, -0.1) is 0 Å². The first-order valence-electron chi connectivity index (χ1n) is 7.80. The van der Waals surface area contributed by atoms with Crippen molar-refractivity contribution in [3.63, 3.8) is 0 Å². The Hall–Kier alpha value is -3.61. The zero-order valence-corrected chi connectivity index (χ0v) is 13.5. The molecular formula is C18H16N6O. The number of urea groups is 1. The van der Waals surface area contributed by atoms with E-state index in [0.717, 1.165) is 22.3 Å². The fraction of sp³-hybridized carbons (Fsp3) is 0.0556. The first-order valence-corrected chi connectivity index (χ1v) is 7.80. The zero-order valence-electron chi connectivity index (χ0n) is 13.5. The fourth-order valence-electron chi connectivity index (χ4n) is 2.70. The Labute approximate surface area is 143 Å². The van der Waals surface area contributed by atoms with Gasteiger partial charge in [0, 0.05) is 18.8 Å². The number of fused-ring (bicyclic) bond motifs is 1. The van der Waals surface area contributed by atoms with E-state index in [1.807, 2.05) is 55.6 Å². The van der Waals surface area contributed by atoms with E-state index in [0.29, 0.717) is 11.5 Å². The van der Waals surface area contributed by atoms with Crippen LogP contribution in [0.5, 0.6) is 0 Å². The van der Waals surface area contributed by atoms with Crippen molar-refractivity contribution in [3.05, 3.63) is 60.9 Å². The molecule has 0 unspecified atom stereocenters. The third-order valence-corrected chi connectivity index (χ3v) is 3.87. The Morgan fingerprint density at radius 2 is 1.92 bits per heavy atom. The summed E-state index contributed by atoms with van der Waals surface area (Å²) in [6, 6.07) is 16.9. The molecule has 4 rings (SSSR count). The molecule has 2 aromatic heterocycles. The van der Waals surface area contributed by atoms with Crippen molar-refractivity contribution in [2.45, 2.75) is 0 Å². The predicted molar refractivity (Wildman–Crippen MR) is 97.4 cm³/mol. The Morgan fingerprint density at radius 3 is 2.76 bits per heavy atom. The number of anilines is 2. The largest absolute Gasteiger partial charge is 0.345 e. The molecule has 2 aromatic carbocycles. The van der Waals surface area contributed by atoms with Crippen molar-refractivity contribution < 1.29 is 4.79 Å². The number of carbonyl (C=O) groups is 1. The van der Waals surface area contributed by atoms with E-state index in [9.17, 15) is 4.79 Å². The normalized spacial score (nSPS) is 10.8. The summed E-state index contributed by atoms with van der Waals surface area (Å²) in [5, 5.41) is 9.89. The maximum absolute atomic E-state index is 12.2. The lowest BCUT2D eigenvalue weighted by Gasteiger charge is -2.05. The molecule has 2 amide bonds. The van der Waals surface area contributed by atoms with Crippen LogP contribution in [0.15, 0.2) is 60.9 Å². The minimum absolute atomic E-state index is 0.350. The summed E-state index contributed by atoms with van der Waals surface area (Å²) >= 11 is 0. The molecule has 2 heterocycles. The maximum atomic E-state index is 12.2. The Bertz CT molecular complexity index is 1030. The van der Waals surface area contributed by atoms with Crippen LogP contribution in [0.4, 0.5) is 16.3 Å². The quantitative estimate of drug-likeness (QED) is 0.535. The number of benzene rings is 2. The summed E-state index contributed by atoms with van der Waals surface area (Å²) in [6.45, 7) is 0. The van der Waals surface area contributed by atoms with Gasteiger partial charge in [-0.1, -0.05) is 30.3 Å². The molecule has 7 heteroatoms. The monoisotopic (exact) mass is 332 g/mol. The SMILES string of the molecule is Cn1nc(NC(=O)Nc2ccc3nc[nH]c3c2)cc1-c1ccccc1. The second-order valence-corrected chi connectivity index (χ2v) is 5.62. The highest BCUT2D eigenvalue weighted by Crippen LogP contribution is 2.22. The smallest absolute Gasteiger partial charge is 0.324 e. The lowest BCUT2D eigenvalue weighted by molar-refractivity contribution is 0.262. The number of aromatic amines is 1. The van der Waals surface area contributed by atoms with E-state index in [1.54, 1.807) is 17.1 Å². The topological polar surface area (TPSA) is 87.6 Å². The van der Waals surface area contributed by atoms with Crippen LogP contribution in [-0.4, -0.2) is 25.8 Å². The van der Waals surface area contributed by atoms with Crippen LogP contribution in [0.1, 0.15) is 0 Å². The van der Waals surface area contributed by atoms with Gasteiger partial charge in [0.05, 0.1) is 23.1 Å². The second kappa shape index (κ2) is 6.12. The van der Waals surface area contributed by atoms with Crippen molar-refractivity contribution in [1.82, 2.24) is 19.7 Å². The van der Waals surface area contributed by atoms with E-state index in [1.165, 1.54) is 0 Å². The lowest BCUT2D eigenvalue weighted by Crippen LogP contribution is -2.19. The Balaban J connectivity index is 1.49. The first kappa shape index (κ1) is 14.9. The Kier molecular flexibility index (Phi) is 3.66. The number of amides is 2. The van der Waals surface area contributed by atoms with Crippen LogP contribution >= 0.6 is 0 Å². The van der Waals surface area contributed by atoms with Gasteiger partial charge in [-0.3, -0.25) is 10.00 Å². The van der Waals surface area contributed by atoms with Crippen molar-refractivity contribution in [3.8, 4) is 11.3 Å². The van der Waals surface area contributed by atoms with E-state index >= 15 is 0 Å². The van der Waals surface area contributed by atoms with Gasteiger partial charge >= 0.3 is 6.03 Å². The summed E-state index contributed by atoms with van der Waals surface area (Å²) in [5.41, 5.74) is 4.35. The maximum Gasteiger partial charge on any atom is 0.324 e. The molecule has 7 nitrogen and oxygen atoms in total. The molecule has 3 N–H and O–H groups in total. The summed E-state index contributed by atoms with van der Waals surface area (Å²) in [5.74, 6) is 0.487. The molecule has 25 heavy (non-hydrogen) atoms. The number of aryl methyl sites for hydroxylation is 1. The molecule has 4 aromatic rings. The summed E-state index contributed by atoms with van der Waals surface area (Å²) in [4.78, 5) is 19.4. The molecule has 0 aliphatic carbocycles. The zero-order chi connectivity index (χ0) is 17.2. The summed E-state index contributed by atoms with van der Waals surface area (Å²) in [7, 11) is 1.84. The Morgan fingerprint density at radius 1 is 1.08 bits per heavy atom. The van der Waals surface area contributed by atoms with Crippen LogP contribution < -0.4 is 10.6 Å². The molecule has 0 radical (unpaired) electrons. The third-order valence-electron chi connectivity index (χ3n) is 3.87. The molecular weight excluding hydrogens is 316 g/mol. The predicted octanol–water partition coefficient (Wildman–Crippen LogP) is 3.61. The van der Waals surface area contributed by atoms with Gasteiger partial charge in [0.15, 0.2) is 5.82 Å². The molecule has 0 spiro atoms. The van der Waals surface area contributed by atoms with Gasteiger partial charge in [-0.05, 0) is 23.8 Å². The molecule has 0 fully saturated rings. The highest BCUT2D eigenvalue weighted by atomic mass is 16.2. The van der Waals surface area contributed by atoms with Crippen LogP contribution in [0.25, 0.3) is 22.3 Å².